The van der Waals surface area contributed by atoms with E-state index in [1.54, 1.807) is 0 Å². The Hall–Kier alpha value is -1.78. The summed E-state index contributed by atoms with van der Waals surface area (Å²) in [5, 5.41) is 0. The molecule has 0 N–H and O–H groups in total. The molecule has 1 fully saturated rings. The molecule has 4 nitrogen and oxygen atoms in total. The third kappa shape index (κ3) is 5.16. The van der Waals surface area contributed by atoms with E-state index >= 15 is 0 Å². The predicted octanol–water partition coefficient (Wildman–Crippen LogP) is 2.77. The lowest BCUT2D eigenvalue weighted by molar-refractivity contribution is -0.146. The summed E-state index contributed by atoms with van der Waals surface area (Å²) in [6.07, 6.45) is 8.57. The zero-order valence-electron chi connectivity index (χ0n) is 11.0. The molecule has 0 atom stereocenters. The van der Waals surface area contributed by atoms with Crippen LogP contribution in [0.15, 0.2) is 18.5 Å². The Morgan fingerprint density at radius 2 is 2.11 bits per heavy atom. The summed E-state index contributed by atoms with van der Waals surface area (Å²) in [5.41, 5.74) is 0.0463. The summed E-state index contributed by atoms with van der Waals surface area (Å²) in [7, 11) is 1.47. The molecule has 1 heterocycles. The maximum atomic E-state index is 12.3. The largest absolute Gasteiger partial charge is 0.469 e. The molecule has 0 saturated heterocycles. The molecule has 104 valence electrons. The highest BCUT2D eigenvalue weighted by Gasteiger charge is 2.20. The van der Waals surface area contributed by atoms with Crippen molar-refractivity contribution >= 4 is 12.3 Å². The van der Waals surface area contributed by atoms with Gasteiger partial charge in [-0.3, -0.25) is 14.6 Å². The fourth-order valence-electron chi connectivity index (χ4n) is 1.99. The molecule has 0 unspecified atom stereocenters. The highest BCUT2D eigenvalue weighted by atomic mass is 19.1. The molecule has 0 bridgehead atoms. The first kappa shape index (κ1) is 15.3. The Bertz CT molecular complexity index is 417. The minimum Gasteiger partial charge on any atom is -0.469 e. The van der Waals surface area contributed by atoms with E-state index < -0.39 is 5.82 Å². The van der Waals surface area contributed by atoms with Crippen LogP contribution in [0, 0.1) is 11.7 Å². The minimum atomic E-state index is -0.576. The maximum Gasteiger partial charge on any atom is 0.308 e. The van der Waals surface area contributed by atoms with E-state index in [0.29, 0.717) is 6.29 Å². The SMILES string of the molecule is COC(=O)C1CCCCC1.O=Cc1ccncc1F. The average Bonchev–Trinajstić information content (AvgIpc) is 2.48. The van der Waals surface area contributed by atoms with Gasteiger partial charge in [0.2, 0.25) is 0 Å². The van der Waals surface area contributed by atoms with Crippen LogP contribution in [0.25, 0.3) is 0 Å². The maximum absolute atomic E-state index is 12.3. The number of ether oxygens (including phenoxy) is 1. The number of esters is 1. The molecule has 19 heavy (non-hydrogen) atoms. The lowest BCUT2D eigenvalue weighted by Crippen LogP contribution is -2.18. The molecule has 1 aromatic heterocycles. The molecule has 0 aromatic carbocycles. The van der Waals surface area contributed by atoms with Crippen LogP contribution in [-0.2, 0) is 9.53 Å². The number of hydrogen-bond acceptors (Lipinski definition) is 4. The van der Waals surface area contributed by atoms with E-state index in [0.717, 1.165) is 19.0 Å². The van der Waals surface area contributed by atoms with E-state index in [2.05, 4.69) is 9.72 Å². The summed E-state index contributed by atoms with van der Waals surface area (Å²) in [5.74, 6) is -0.383. The molecule has 2 rings (SSSR count). The Balaban J connectivity index is 0.000000191. The van der Waals surface area contributed by atoms with Gasteiger partial charge in [-0.1, -0.05) is 19.3 Å². The number of carbonyl (C=O) groups is 2. The van der Waals surface area contributed by atoms with E-state index in [1.807, 2.05) is 0 Å². The summed E-state index contributed by atoms with van der Waals surface area (Å²) in [6, 6.07) is 1.32. The number of methoxy groups -OCH3 is 1. The molecule has 1 aliphatic carbocycles. The number of pyridine rings is 1. The topological polar surface area (TPSA) is 56.3 Å². The highest BCUT2D eigenvalue weighted by Crippen LogP contribution is 2.24. The summed E-state index contributed by atoms with van der Waals surface area (Å²) in [6.45, 7) is 0. The first-order valence-corrected chi connectivity index (χ1v) is 6.31. The van der Waals surface area contributed by atoms with Gasteiger partial charge in [0, 0.05) is 6.20 Å². The van der Waals surface area contributed by atoms with Gasteiger partial charge in [-0.05, 0) is 18.9 Å². The Labute approximate surface area is 112 Å². The smallest absolute Gasteiger partial charge is 0.308 e. The standard InChI is InChI=1S/C8H14O2.C6H4FNO/c1-10-8(9)7-5-3-2-4-6-7;7-6-3-8-2-1-5(6)4-9/h7H,2-6H2,1H3;1-4H. The fraction of sp³-hybridized carbons (Fsp3) is 0.500. The number of hydrogen-bond donors (Lipinski definition) is 0. The lowest BCUT2D eigenvalue weighted by Gasteiger charge is -2.18. The van der Waals surface area contributed by atoms with Crippen molar-refractivity contribution in [2.24, 2.45) is 5.92 Å². The molecular formula is C14H18FNO3. The van der Waals surface area contributed by atoms with Gasteiger partial charge in [0.1, 0.15) is 0 Å². The van der Waals surface area contributed by atoms with Crippen molar-refractivity contribution in [2.45, 2.75) is 32.1 Å². The number of rotatable bonds is 2. The van der Waals surface area contributed by atoms with Crippen molar-refractivity contribution in [3.8, 4) is 0 Å². The normalized spacial score (nSPS) is 15.1. The summed E-state index contributed by atoms with van der Waals surface area (Å²) >= 11 is 0. The first-order chi connectivity index (χ1) is 9.19. The zero-order chi connectivity index (χ0) is 14.1. The molecule has 0 aliphatic heterocycles. The number of halogens is 1. The molecular weight excluding hydrogens is 249 g/mol. The third-order valence-corrected chi connectivity index (χ3v) is 3.07. The van der Waals surface area contributed by atoms with Crippen LogP contribution in [0.2, 0.25) is 0 Å². The predicted molar refractivity (Wildman–Crippen MR) is 68.2 cm³/mol. The molecule has 0 radical (unpaired) electrons. The van der Waals surface area contributed by atoms with Gasteiger partial charge < -0.3 is 4.74 Å². The number of aldehydes is 1. The molecule has 0 spiro atoms. The molecule has 1 aliphatic rings. The van der Waals surface area contributed by atoms with E-state index in [9.17, 15) is 14.0 Å². The molecule has 0 amide bonds. The van der Waals surface area contributed by atoms with Crippen molar-refractivity contribution in [1.82, 2.24) is 4.98 Å². The van der Waals surface area contributed by atoms with E-state index in [4.69, 9.17) is 0 Å². The van der Waals surface area contributed by atoms with Gasteiger partial charge in [0.05, 0.1) is 24.8 Å². The third-order valence-electron chi connectivity index (χ3n) is 3.07. The van der Waals surface area contributed by atoms with Crippen molar-refractivity contribution < 1.29 is 18.7 Å². The lowest BCUT2D eigenvalue weighted by atomic mass is 9.89. The van der Waals surface area contributed by atoms with Crippen LogP contribution in [0.3, 0.4) is 0 Å². The molecule has 1 saturated carbocycles. The second-order valence-corrected chi connectivity index (χ2v) is 4.37. The minimum absolute atomic E-state index is 0.0142. The second-order valence-electron chi connectivity index (χ2n) is 4.37. The van der Waals surface area contributed by atoms with Gasteiger partial charge in [-0.2, -0.15) is 0 Å². The Morgan fingerprint density at radius 3 is 2.58 bits per heavy atom. The van der Waals surface area contributed by atoms with Crippen LogP contribution in [-0.4, -0.2) is 24.3 Å². The zero-order valence-corrected chi connectivity index (χ0v) is 11.0. The first-order valence-electron chi connectivity index (χ1n) is 6.31. The van der Waals surface area contributed by atoms with Gasteiger partial charge in [0.25, 0.3) is 0 Å². The average molecular weight is 267 g/mol. The van der Waals surface area contributed by atoms with Crippen LogP contribution >= 0.6 is 0 Å². The monoisotopic (exact) mass is 267 g/mol. The summed E-state index contributed by atoms with van der Waals surface area (Å²) in [4.78, 5) is 24.4. The van der Waals surface area contributed by atoms with Crippen LogP contribution < -0.4 is 0 Å². The van der Waals surface area contributed by atoms with Crippen molar-refractivity contribution in [3.63, 3.8) is 0 Å². The van der Waals surface area contributed by atoms with Crippen LogP contribution in [0.1, 0.15) is 42.5 Å². The van der Waals surface area contributed by atoms with Crippen molar-refractivity contribution in [2.75, 3.05) is 7.11 Å². The van der Waals surface area contributed by atoms with Gasteiger partial charge in [-0.25, -0.2) is 4.39 Å². The van der Waals surface area contributed by atoms with Gasteiger partial charge >= 0.3 is 5.97 Å². The van der Waals surface area contributed by atoms with E-state index in [-0.39, 0.29) is 17.5 Å². The number of carbonyl (C=O) groups excluding carboxylic acids is 2. The number of aromatic nitrogens is 1. The molecule has 1 aromatic rings. The van der Waals surface area contributed by atoms with Crippen LogP contribution in [0.5, 0.6) is 0 Å². The number of nitrogens with zero attached hydrogens (tertiary/aromatic N) is 1. The van der Waals surface area contributed by atoms with Gasteiger partial charge in [0.15, 0.2) is 12.1 Å². The van der Waals surface area contributed by atoms with Crippen molar-refractivity contribution in [3.05, 3.63) is 29.8 Å². The van der Waals surface area contributed by atoms with Crippen molar-refractivity contribution in [1.29, 1.82) is 0 Å². The highest BCUT2D eigenvalue weighted by molar-refractivity contribution is 5.74. The molecule has 5 heteroatoms. The fourth-order valence-corrected chi connectivity index (χ4v) is 1.99. The Kier molecular flexibility index (Phi) is 6.71. The summed E-state index contributed by atoms with van der Waals surface area (Å²) < 4.78 is 16.9. The van der Waals surface area contributed by atoms with Gasteiger partial charge in [-0.15, -0.1) is 0 Å². The van der Waals surface area contributed by atoms with Crippen LogP contribution in [0.4, 0.5) is 4.39 Å². The second kappa shape index (κ2) is 8.34. The Morgan fingerprint density at radius 1 is 1.42 bits per heavy atom. The quantitative estimate of drug-likeness (QED) is 0.610. The van der Waals surface area contributed by atoms with E-state index in [1.165, 1.54) is 38.6 Å².